The highest BCUT2D eigenvalue weighted by atomic mass is 35.5. The second-order valence-electron chi connectivity index (χ2n) is 4.79. The molecule has 0 spiro atoms. The number of halogens is 2. The fraction of sp³-hybridized carbons (Fsp3) is 0.0625. The van der Waals surface area contributed by atoms with Crippen molar-refractivity contribution < 1.29 is 0 Å². The molecular weight excluding hydrogens is 337 g/mol. The van der Waals surface area contributed by atoms with Crippen LogP contribution in [0.25, 0.3) is 11.3 Å². The Labute approximate surface area is 142 Å². The molecule has 0 fully saturated rings. The number of thiazole rings is 1. The van der Waals surface area contributed by atoms with Gasteiger partial charge in [-0.3, -0.25) is 0 Å². The van der Waals surface area contributed by atoms with Crippen LogP contribution in [-0.2, 0) is 0 Å². The SMILES string of the molecule is Cc1sc(Nc2ccc(N)cc2)nc1-c1ccc(Cl)cc1Cl. The van der Waals surface area contributed by atoms with E-state index in [1.165, 1.54) is 0 Å². The molecule has 0 saturated carbocycles. The zero-order valence-corrected chi connectivity index (χ0v) is 14.1. The van der Waals surface area contributed by atoms with Gasteiger partial charge in [-0.05, 0) is 49.4 Å². The van der Waals surface area contributed by atoms with Crippen LogP contribution in [0.3, 0.4) is 0 Å². The van der Waals surface area contributed by atoms with Crippen LogP contribution in [0, 0.1) is 6.92 Å². The third kappa shape index (κ3) is 3.19. The first-order valence-electron chi connectivity index (χ1n) is 6.58. The van der Waals surface area contributed by atoms with Crippen LogP contribution in [0.1, 0.15) is 4.88 Å². The van der Waals surface area contributed by atoms with Gasteiger partial charge in [0.2, 0.25) is 0 Å². The Balaban J connectivity index is 1.92. The third-order valence-electron chi connectivity index (χ3n) is 3.14. The minimum atomic E-state index is 0.597. The van der Waals surface area contributed by atoms with E-state index >= 15 is 0 Å². The fourth-order valence-corrected chi connectivity index (χ4v) is 3.42. The van der Waals surface area contributed by atoms with Crippen molar-refractivity contribution in [1.29, 1.82) is 0 Å². The Hall–Kier alpha value is -1.75. The van der Waals surface area contributed by atoms with Gasteiger partial charge in [-0.15, -0.1) is 11.3 Å². The topological polar surface area (TPSA) is 50.9 Å². The summed E-state index contributed by atoms with van der Waals surface area (Å²) >= 11 is 13.8. The Kier molecular flexibility index (Phi) is 4.25. The molecular formula is C16H13Cl2N3S. The van der Waals surface area contributed by atoms with Crippen molar-refractivity contribution in [1.82, 2.24) is 4.98 Å². The molecule has 3 aromatic rings. The second kappa shape index (κ2) is 6.16. The lowest BCUT2D eigenvalue weighted by Gasteiger charge is -2.03. The molecule has 0 aliphatic heterocycles. The van der Waals surface area contributed by atoms with Crippen LogP contribution in [0.2, 0.25) is 10.0 Å². The summed E-state index contributed by atoms with van der Waals surface area (Å²) in [6.45, 7) is 2.02. The van der Waals surface area contributed by atoms with Crippen LogP contribution >= 0.6 is 34.5 Å². The van der Waals surface area contributed by atoms with E-state index in [-0.39, 0.29) is 0 Å². The quantitative estimate of drug-likeness (QED) is 0.591. The monoisotopic (exact) mass is 349 g/mol. The zero-order valence-electron chi connectivity index (χ0n) is 11.7. The number of nitrogens with two attached hydrogens (primary N) is 1. The predicted octanol–water partition coefficient (Wildman–Crippen LogP) is 5.75. The molecule has 3 N–H and O–H groups in total. The van der Waals surface area contributed by atoms with Crippen molar-refractivity contribution in [2.75, 3.05) is 11.1 Å². The number of rotatable bonds is 3. The van der Waals surface area contributed by atoms with E-state index in [2.05, 4.69) is 10.3 Å². The van der Waals surface area contributed by atoms with Crippen molar-refractivity contribution in [2.45, 2.75) is 6.92 Å². The van der Waals surface area contributed by atoms with Crippen molar-refractivity contribution in [3.63, 3.8) is 0 Å². The molecule has 2 aromatic carbocycles. The van der Waals surface area contributed by atoms with Crippen LogP contribution in [0.4, 0.5) is 16.5 Å². The average Bonchev–Trinajstić information content (AvgIpc) is 2.82. The molecule has 0 aliphatic carbocycles. The molecule has 1 aromatic heterocycles. The van der Waals surface area contributed by atoms with Gasteiger partial charge in [0.1, 0.15) is 0 Å². The van der Waals surface area contributed by atoms with Crippen LogP contribution < -0.4 is 11.1 Å². The van der Waals surface area contributed by atoms with Gasteiger partial charge in [-0.25, -0.2) is 4.98 Å². The standard InChI is InChI=1S/C16H13Cl2N3S/c1-9-15(13-7-2-10(17)8-14(13)18)21-16(22-9)20-12-5-3-11(19)4-6-12/h2-8H,19H2,1H3,(H,20,21). The van der Waals surface area contributed by atoms with Gasteiger partial charge in [0.05, 0.1) is 10.7 Å². The van der Waals surface area contributed by atoms with Gasteiger partial charge in [0, 0.05) is 26.8 Å². The minimum Gasteiger partial charge on any atom is -0.399 e. The fourth-order valence-electron chi connectivity index (χ4n) is 2.07. The van der Waals surface area contributed by atoms with E-state index in [9.17, 15) is 0 Å². The number of aromatic nitrogens is 1. The van der Waals surface area contributed by atoms with E-state index in [1.807, 2.05) is 43.3 Å². The summed E-state index contributed by atoms with van der Waals surface area (Å²) in [5.74, 6) is 0. The summed E-state index contributed by atoms with van der Waals surface area (Å²) in [4.78, 5) is 5.72. The maximum atomic E-state index is 6.27. The lowest BCUT2D eigenvalue weighted by atomic mass is 10.1. The number of hydrogen-bond acceptors (Lipinski definition) is 4. The van der Waals surface area contributed by atoms with E-state index in [0.717, 1.165) is 32.6 Å². The number of aryl methyl sites for hydroxylation is 1. The molecule has 6 heteroatoms. The van der Waals surface area contributed by atoms with E-state index in [4.69, 9.17) is 28.9 Å². The lowest BCUT2D eigenvalue weighted by molar-refractivity contribution is 1.36. The highest BCUT2D eigenvalue weighted by molar-refractivity contribution is 7.16. The Morgan fingerprint density at radius 1 is 1.09 bits per heavy atom. The molecule has 0 atom stereocenters. The molecule has 0 aliphatic rings. The Bertz CT molecular complexity index is 813. The number of nitrogens with one attached hydrogen (secondary N) is 1. The highest BCUT2D eigenvalue weighted by Crippen LogP contribution is 2.36. The number of nitrogens with zero attached hydrogens (tertiary/aromatic N) is 1. The number of nitrogen functional groups attached to an aromatic ring is 1. The Morgan fingerprint density at radius 3 is 2.50 bits per heavy atom. The Morgan fingerprint density at radius 2 is 1.82 bits per heavy atom. The molecule has 0 amide bonds. The molecule has 0 radical (unpaired) electrons. The van der Waals surface area contributed by atoms with Crippen LogP contribution in [0.15, 0.2) is 42.5 Å². The summed E-state index contributed by atoms with van der Waals surface area (Å²) in [6.07, 6.45) is 0. The molecule has 112 valence electrons. The maximum absolute atomic E-state index is 6.27. The summed E-state index contributed by atoms with van der Waals surface area (Å²) in [5.41, 5.74) is 9.10. The third-order valence-corrected chi connectivity index (χ3v) is 4.58. The summed E-state index contributed by atoms with van der Waals surface area (Å²) in [6, 6.07) is 13.0. The second-order valence-corrected chi connectivity index (χ2v) is 6.84. The lowest BCUT2D eigenvalue weighted by Crippen LogP contribution is -1.91. The van der Waals surface area contributed by atoms with Gasteiger partial charge < -0.3 is 11.1 Å². The van der Waals surface area contributed by atoms with E-state index in [0.29, 0.717) is 10.0 Å². The summed E-state index contributed by atoms with van der Waals surface area (Å²) in [5, 5.41) is 5.29. The normalized spacial score (nSPS) is 10.7. The molecule has 1 heterocycles. The molecule has 3 nitrogen and oxygen atoms in total. The van der Waals surface area contributed by atoms with E-state index < -0.39 is 0 Å². The maximum Gasteiger partial charge on any atom is 0.187 e. The number of hydrogen-bond donors (Lipinski definition) is 2. The van der Waals surface area contributed by atoms with Crippen LogP contribution in [0.5, 0.6) is 0 Å². The van der Waals surface area contributed by atoms with Crippen molar-refractivity contribution in [3.8, 4) is 11.3 Å². The largest absolute Gasteiger partial charge is 0.399 e. The number of anilines is 3. The smallest absolute Gasteiger partial charge is 0.187 e. The molecule has 0 bridgehead atoms. The van der Waals surface area contributed by atoms with Gasteiger partial charge in [0.25, 0.3) is 0 Å². The molecule has 22 heavy (non-hydrogen) atoms. The summed E-state index contributed by atoms with van der Waals surface area (Å²) < 4.78 is 0. The zero-order chi connectivity index (χ0) is 15.7. The summed E-state index contributed by atoms with van der Waals surface area (Å²) in [7, 11) is 0. The van der Waals surface area contributed by atoms with E-state index in [1.54, 1.807) is 17.4 Å². The average molecular weight is 350 g/mol. The van der Waals surface area contributed by atoms with Gasteiger partial charge in [-0.2, -0.15) is 0 Å². The van der Waals surface area contributed by atoms with Crippen molar-refractivity contribution >= 4 is 51.0 Å². The number of benzene rings is 2. The highest BCUT2D eigenvalue weighted by Gasteiger charge is 2.13. The minimum absolute atomic E-state index is 0.597. The van der Waals surface area contributed by atoms with Gasteiger partial charge >= 0.3 is 0 Å². The molecule has 3 rings (SSSR count). The first kappa shape index (κ1) is 15.2. The molecule has 0 unspecified atom stereocenters. The predicted molar refractivity (Wildman–Crippen MR) is 96.4 cm³/mol. The van der Waals surface area contributed by atoms with Crippen molar-refractivity contribution in [2.24, 2.45) is 0 Å². The first-order valence-corrected chi connectivity index (χ1v) is 8.15. The first-order chi connectivity index (χ1) is 10.5. The van der Waals surface area contributed by atoms with Gasteiger partial charge in [0.15, 0.2) is 5.13 Å². The van der Waals surface area contributed by atoms with Gasteiger partial charge in [-0.1, -0.05) is 23.2 Å². The molecule has 0 saturated heterocycles. The van der Waals surface area contributed by atoms with Crippen molar-refractivity contribution in [3.05, 3.63) is 57.4 Å². The van der Waals surface area contributed by atoms with Crippen LogP contribution in [-0.4, -0.2) is 4.98 Å².